The highest BCUT2D eigenvalue weighted by Gasteiger charge is 2.24. The first-order valence-electron chi connectivity index (χ1n) is 6.03. The minimum atomic E-state index is -0.454. The van der Waals surface area contributed by atoms with Crippen molar-refractivity contribution in [3.63, 3.8) is 0 Å². The van der Waals surface area contributed by atoms with E-state index in [1.807, 2.05) is 14.1 Å². The van der Waals surface area contributed by atoms with Gasteiger partial charge in [0.15, 0.2) is 5.16 Å². The van der Waals surface area contributed by atoms with Gasteiger partial charge >= 0.3 is 5.97 Å². The normalized spacial score (nSPS) is 13.6. The first-order valence-corrected chi connectivity index (χ1v) is 6.84. The molecule has 0 aliphatic rings. The molecule has 1 aromatic heterocycles. The van der Waals surface area contributed by atoms with E-state index in [-0.39, 0.29) is 4.75 Å². The zero-order valence-electron chi connectivity index (χ0n) is 12.1. The van der Waals surface area contributed by atoms with E-state index in [9.17, 15) is 4.79 Å². The van der Waals surface area contributed by atoms with Gasteiger partial charge < -0.3 is 9.82 Å². The zero-order chi connectivity index (χ0) is 14.6. The number of nitrogens with one attached hydrogen (secondary N) is 1. The molecule has 0 bridgehead atoms. The Morgan fingerprint density at radius 1 is 1.58 bits per heavy atom. The summed E-state index contributed by atoms with van der Waals surface area (Å²) < 4.78 is 0.0895. The minimum absolute atomic E-state index is 0.0895. The van der Waals surface area contributed by atoms with Gasteiger partial charge in [-0.15, -0.1) is 0 Å². The molecule has 108 valence electrons. The van der Waals surface area contributed by atoms with E-state index in [0.29, 0.717) is 6.42 Å². The number of aromatic nitrogens is 2. The van der Waals surface area contributed by atoms with Gasteiger partial charge in [0.25, 0.3) is 0 Å². The topological polar surface area (TPSA) is 84.2 Å². The second-order valence-corrected chi connectivity index (χ2v) is 7.36. The van der Waals surface area contributed by atoms with Gasteiger partial charge in [0.2, 0.25) is 0 Å². The monoisotopic (exact) mass is 286 g/mol. The van der Waals surface area contributed by atoms with Crippen LogP contribution in [-0.2, 0) is 16.1 Å². The summed E-state index contributed by atoms with van der Waals surface area (Å²) in [5.41, 5.74) is 0.885. The van der Waals surface area contributed by atoms with Gasteiger partial charge in [-0.3, -0.25) is 4.90 Å². The Balaban J connectivity index is 2.73. The van der Waals surface area contributed by atoms with E-state index in [0.717, 1.165) is 10.9 Å². The smallest absolute Gasteiger partial charge is 0.342 e. The molecule has 0 saturated heterocycles. The van der Waals surface area contributed by atoms with Crippen LogP contribution in [0.15, 0.2) is 11.4 Å². The summed E-state index contributed by atoms with van der Waals surface area (Å²) >= 11 is 1.65. The van der Waals surface area contributed by atoms with Crippen molar-refractivity contribution in [2.45, 2.75) is 43.1 Å². The molecule has 0 aromatic carbocycles. The molecule has 1 rings (SSSR count). The van der Waals surface area contributed by atoms with Crippen LogP contribution in [0.2, 0.25) is 0 Å². The van der Waals surface area contributed by atoms with E-state index < -0.39 is 12.0 Å². The molecule has 1 heterocycles. The maximum atomic E-state index is 11.6. The number of hydrogen-bond acceptors (Lipinski definition) is 6. The fraction of sp³-hybridized carbons (Fsp3) is 0.667. The first-order chi connectivity index (χ1) is 8.73. The molecule has 0 aliphatic heterocycles. The summed E-state index contributed by atoms with van der Waals surface area (Å²) in [4.78, 5) is 25.2. The molecule has 6 nitrogen and oxygen atoms in total. The van der Waals surface area contributed by atoms with Crippen LogP contribution in [0, 0.1) is 0 Å². The molecule has 19 heavy (non-hydrogen) atoms. The quantitative estimate of drug-likeness (QED) is 0.625. The number of rotatable bonds is 5. The summed E-state index contributed by atoms with van der Waals surface area (Å²) in [6.45, 7) is 6.36. The Morgan fingerprint density at radius 2 is 2.21 bits per heavy atom. The number of carbonyl (C=O) groups excluding carboxylic acids is 1. The van der Waals surface area contributed by atoms with Crippen molar-refractivity contribution in [1.29, 1.82) is 0 Å². The SMILES string of the molecule is CN(C)C(Cc1cnc(SC(C)(C)C)[nH]1)C(=O)ON. The number of thioether (sulfide) groups is 1. The number of nitrogens with zero attached hydrogens (tertiary/aromatic N) is 2. The van der Waals surface area contributed by atoms with E-state index >= 15 is 0 Å². The van der Waals surface area contributed by atoms with Crippen LogP contribution in [0.3, 0.4) is 0 Å². The second-order valence-electron chi connectivity index (χ2n) is 5.55. The van der Waals surface area contributed by atoms with Crippen molar-refractivity contribution in [2.24, 2.45) is 5.90 Å². The molecule has 0 amide bonds. The molecular formula is C12H22N4O2S. The van der Waals surface area contributed by atoms with Gasteiger partial charge in [-0.05, 0) is 14.1 Å². The fourth-order valence-electron chi connectivity index (χ4n) is 1.55. The van der Waals surface area contributed by atoms with Crippen molar-refractivity contribution < 1.29 is 9.63 Å². The van der Waals surface area contributed by atoms with Crippen molar-refractivity contribution in [3.8, 4) is 0 Å². The van der Waals surface area contributed by atoms with Crippen LogP contribution >= 0.6 is 11.8 Å². The summed E-state index contributed by atoms with van der Waals surface area (Å²) in [7, 11) is 3.62. The van der Waals surface area contributed by atoms with Gasteiger partial charge in [0.1, 0.15) is 6.04 Å². The molecule has 0 fully saturated rings. The Bertz CT molecular complexity index is 426. The van der Waals surface area contributed by atoms with Crippen LogP contribution in [0.25, 0.3) is 0 Å². The van der Waals surface area contributed by atoms with Gasteiger partial charge in [0, 0.05) is 23.1 Å². The average Bonchev–Trinajstić information content (AvgIpc) is 2.69. The third-order valence-corrected chi connectivity index (χ3v) is 3.45. The van der Waals surface area contributed by atoms with Crippen molar-refractivity contribution >= 4 is 17.7 Å². The summed E-state index contributed by atoms with van der Waals surface area (Å²) in [5, 5.41) is 0.848. The van der Waals surface area contributed by atoms with Crippen LogP contribution in [-0.4, -0.2) is 45.7 Å². The zero-order valence-corrected chi connectivity index (χ0v) is 12.9. The Labute approximate surface area is 118 Å². The van der Waals surface area contributed by atoms with Crippen molar-refractivity contribution in [1.82, 2.24) is 14.9 Å². The fourth-order valence-corrected chi connectivity index (χ4v) is 2.42. The first kappa shape index (κ1) is 16.0. The standard InChI is InChI=1S/C12H22N4O2S/c1-12(2,3)19-11-14-7-8(15-11)6-9(16(4)5)10(17)18-13/h7,9H,6,13H2,1-5H3,(H,14,15). The number of likely N-dealkylation sites (N-methyl/N-ethyl adjacent to an activating group) is 1. The number of hydrogen-bond donors (Lipinski definition) is 2. The van der Waals surface area contributed by atoms with Crippen LogP contribution < -0.4 is 5.90 Å². The van der Waals surface area contributed by atoms with Gasteiger partial charge in [0.05, 0.1) is 0 Å². The minimum Gasteiger partial charge on any atom is -0.372 e. The average molecular weight is 286 g/mol. The summed E-state index contributed by atoms with van der Waals surface area (Å²) in [6.07, 6.45) is 2.23. The summed E-state index contributed by atoms with van der Waals surface area (Å²) in [6, 6.07) is -0.419. The molecule has 7 heteroatoms. The molecule has 3 N–H and O–H groups in total. The highest BCUT2D eigenvalue weighted by Crippen LogP contribution is 2.29. The van der Waals surface area contributed by atoms with Crippen molar-refractivity contribution in [2.75, 3.05) is 14.1 Å². The number of imidazole rings is 1. The predicted octanol–water partition coefficient (Wildman–Crippen LogP) is 1.19. The number of H-pyrrole nitrogens is 1. The van der Waals surface area contributed by atoms with E-state index in [4.69, 9.17) is 5.90 Å². The molecule has 0 spiro atoms. The third kappa shape index (κ3) is 5.22. The highest BCUT2D eigenvalue weighted by atomic mass is 32.2. The molecule has 1 atom stereocenters. The molecule has 1 aromatic rings. The van der Waals surface area contributed by atoms with E-state index in [2.05, 4.69) is 35.6 Å². The van der Waals surface area contributed by atoms with Crippen molar-refractivity contribution in [3.05, 3.63) is 11.9 Å². The van der Waals surface area contributed by atoms with Crippen LogP contribution in [0.4, 0.5) is 0 Å². The lowest BCUT2D eigenvalue weighted by Crippen LogP contribution is -2.40. The number of carbonyl (C=O) groups is 1. The Hall–Kier alpha value is -1.05. The summed E-state index contributed by atoms with van der Waals surface area (Å²) in [5.74, 6) is 4.49. The number of aromatic amines is 1. The molecule has 1 unspecified atom stereocenters. The van der Waals surface area contributed by atoms with Crippen LogP contribution in [0.5, 0.6) is 0 Å². The van der Waals surface area contributed by atoms with Gasteiger partial charge in [-0.2, -0.15) is 5.90 Å². The molecule has 0 radical (unpaired) electrons. The Morgan fingerprint density at radius 3 is 2.68 bits per heavy atom. The lowest BCUT2D eigenvalue weighted by atomic mass is 10.1. The van der Waals surface area contributed by atoms with E-state index in [1.165, 1.54) is 0 Å². The predicted molar refractivity (Wildman–Crippen MR) is 75.7 cm³/mol. The van der Waals surface area contributed by atoms with E-state index in [1.54, 1.807) is 22.9 Å². The lowest BCUT2D eigenvalue weighted by Gasteiger charge is -2.20. The van der Waals surface area contributed by atoms with Gasteiger partial charge in [-0.25, -0.2) is 9.78 Å². The molecular weight excluding hydrogens is 264 g/mol. The second kappa shape index (κ2) is 6.40. The highest BCUT2D eigenvalue weighted by molar-refractivity contribution is 8.00. The van der Waals surface area contributed by atoms with Crippen LogP contribution in [0.1, 0.15) is 26.5 Å². The number of nitrogens with two attached hydrogens (primary N) is 1. The molecule has 0 aliphatic carbocycles. The maximum absolute atomic E-state index is 11.6. The molecule has 0 saturated carbocycles. The third-order valence-electron chi connectivity index (χ3n) is 2.43. The largest absolute Gasteiger partial charge is 0.372 e. The lowest BCUT2D eigenvalue weighted by molar-refractivity contribution is -0.149. The maximum Gasteiger partial charge on any atom is 0.342 e. The Kier molecular flexibility index (Phi) is 5.39. The van der Waals surface area contributed by atoms with Gasteiger partial charge in [-0.1, -0.05) is 32.5 Å².